The Balaban J connectivity index is -0.0000000373. The van der Waals surface area contributed by atoms with Crippen molar-refractivity contribution in [2.24, 2.45) is 0 Å². The van der Waals surface area contributed by atoms with Crippen LogP contribution in [0.1, 0.15) is 47.1 Å². The number of benzene rings is 1. The third-order valence-electron chi connectivity index (χ3n) is 0.863. The summed E-state index contributed by atoms with van der Waals surface area (Å²) in [7, 11) is 0. The molecule has 1 heteroatoms. The third-order valence-corrected chi connectivity index (χ3v) is 0.863. The molecule has 1 aromatic rings. The summed E-state index contributed by atoms with van der Waals surface area (Å²) >= 11 is 0. The summed E-state index contributed by atoms with van der Waals surface area (Å²) in [5.74, 6) is 0. The van der Waals surface area contributed by atoms with Crippen molar-refractivity contribution in [3.8, 4) is 0 Å². The van der Waals surface area contributed by atoms with Crippen molar-refractivity contribution in [1.82, 2.24) is 0 Å². The molecule has 0 amide bonds. The molecule has 1 aromatic carbocycles. The van der Waals surface area contributed by atoms with Crippen LogP contribution in [-0.2, 0) is 32.7 Å². The average Bonchev–Trinajstić information content (AvgIpc) is 2.11. The van der Waals surface area contributed by atoms with Crippen LogP contribution in [0.4, 0.5) is 0 Å². The predicted octanol–water partition coefficient (Wildman–Crippen LogP) is 5.32. The minimum atomic E-state index is 0. The summed E-state index contributed by atoms with van der Waals surface area (Å²) in [5.41, 5.74) is 1.27. The Morgan fingerprint density at radius 3 is 1.73 bits per heavy atom. The second-order valence-corrected chi connectivity index (χ2v) is 2.29. The van der Waals surface area contributed by atoms with Crippen LogP contribution in [0.3, 0.4) is 0 Å². The van der Waals surface area contributed by atoms with Gasteiger partial charge in [-0.1, -0.05) is 48.5 Å². The van der Waals surface area contributed by atoms with Gasteiger partial charge in [0.15, 0.2) is 0 Å². The van der Waals surface area contributed by atoms with Crippen LogP contribution in [0.25, 0.3) is 0 Å². The molecule has 0 spiro atoms. The van der Waals surface area contributed by atoms with Gasteiger partial charge in [-0.25, -0.2) is 0 Å². The Hall–Kier alpha value is 0.324. The molecule has 0 bridgehead atoms. The zero-order valence-corrected chi connectivity index (χ0v) is 13.4. The molecule has 1 radical (unpaired) electrons. The van der Waals surface area contributed by atoms with E-state index < -0.39 is 0 Å². The molecule has 0 atom stereocenters. The zero-order valence-electron chi connectivity index (χ0n) is 10.6. The Bertz CT molecular complexity index is 147. The van der Waals surface area contributed by atoms with Crippen molar-refractivity contribution >= 4 is 0 Å². The molecule has 0 N–H and O–H groups in total. The SMILES string of the molecule is C.CC.CCC.Cc1c[c-]ccc1.[CH3-].[Y]. The van der Waals surface area contributed by atoms with Crippen molar-refractivity contribution in [3.63, 3.8) is 0 Å². The fraction of sp³-hybridized carbons (Fsp3) is 0.500. The molecule has 0 heterocycles. The molecule has 0 saturated carbocycles. The van der Waals surface area contributed by atoms with Crippen molar-refractivity contribution in [1.29, 1.82) is 0 Å². The van der Waals surface area contributed by atoms with Crippen molar-refractivity contribution in [2.75, 3.05) is 0 Å². The fourth-order valence-corrected chi connectivity index (χ4v) is 0.483. The molecule has 0 saturated heterocycles. The summed E-state index contributed by atoms with van der Waals surface area (Å²) in [4.78, 5) is 0. The van der Waals surface area contributed by atoms with Crippen molar-refractivity contribution in [2.45, 2.75) is 48.5 Å². The van der Waals surface area contributed by atoms with E-state index in [1.807, 2.05) is 32.0 Å². The number of rotatable bonds is 0. The first-order valence-corrected chi connectivity index (χ1v) is 4.74. The van der Waals surface area contributed by atoms with E-state index in [-0.39, 0.29) is 47.6 Å². The van der Waals surface area contributed by atoms with Crippen LogP contribution < -0.4 is 0 Å². The molecule has 0 nitrogen and oxygen atoms in total. The van der Waals surface area contributed by atoms with Gasteiger partial charge in [0.25, 0.3) is 0 Å². The van der Waals surface area contributed by atoms with Crippen molar-refractivity contribution < 1.29 is 32.7 Å². The number of aryl methyl sites for hydroxylation is 1. The predicted molar refractivity (Wildman–Crippen MR) is 70.5 cm³/mol. The van der Waals surface area contributed by atoms with E-state index in [1.54, 1.807) is 0 Å². The van der Waals surface area contributed by atoms with Gasteiger partial charge in [-0.2, -0.15) is 35.9 Å². The van der Waals surface area contributed by atoms with Crippen LogP contribution in [-0.4, -0.2) is 0 Å². The minimum Gasteiger partial charge on any atom is -0.358 e. The number of hydrogen-bond donors (Lipinski definition) is 0. The quantitative estimate of drug-likeness (QED) is 0.566. The van der Waals surface area contributed by atoms with Crippen LogP contribution in [0, 0.1) is 20.4 Å². The van der Waals surface area contributed by atoms with Gasteiger partial charge >= 0.3 is 0 Å². The van der Waals surface area contributed by atoms with Gasteiger partial charge in [-0.05, 0) is 0 Å². The van der Waals surface area contributed by atoms with Crippen LogP contribution in [0.2, 0.25) is 0 Å². The van der Waals surface area contributed by atoms with E-state index in [0.29, 0.717) is 0 Å². The molecule has 0 aliphatic rings. The second-order valence-electron chi connectivity index (χ2n) is 2.29. The van der Waals surface area contributed by atoms with Crippen LogP contribution in [0.5, 0.6) is 0 Å². The van der Waals surface area contributed by atoms with Gasteiger partial charge in [-0.15, -0.1) is 0 Å². The molecule has 0 fully saturated rings. The second kappa shape index (κ2) is 29.3. The summed E-state index contributed by atoms with van der Waals surface area (Å²) in [6, 6.07) is 10.8. The van der Waals surface area contributed by atoms with Crippen LogP contribution >= 0.6 is 0 Å². The molecular formula is C14H28Y-2. The summed E-state index contributed by atoms with van der Waals surface area (Å²) in [6.45, 7) is 10.3. The minimum absolute atomic E-state index is 0. The molecule has 0 unspecified atom stereocenters. The van der Waals surface area contributed by atoms with Gasteiger partial charge in [0.1, 0.15) is 0 Å². The smallest absolute Gasteiger partial charge is 0 e. The summed E-state index contributed by atoms with van der Waals surface area (Å²) in [6.07, 6.45) is 1.25. The van der Waals surface area contributed by atoms with Crippen LogP contribution in [0.15, 0.2) is 24.3 Å². The summed E-state index contributed by atoms with van der Waals surface area (Å²) in [5, 5.41) is 0. The molecule has 0 aliphatic heterocycles. The van der Waals surface area contributed by atoms with Gasteiger partial charge in [0.2, 0.25) is 0 Å². The van der Waals surface area contributed by atoms with E-state index in [9.17, 15) is 0 Å². The normalized spacial score (nSPS) is 5.67. The first kappa shape index (κ1) is 29.5. The Labute approximate surface area is 124 Å². The van der Waals surface area contributed by atoms with E-state index >= 15 is 0 Å². The van der Waals surface area contributed by atoms with E-state index in [0.717, 1.165) is 0 Å². The molecule has 89 valence electrons. The largest absolute Gasteiger partial charge is 0.358 e. The Morgan fingerprint density at radius 1 is 1.20 bits per heavy atom. The first-order valence-electron chi connectivity index (χ1n) is 4.74. The van der Waals surface area contributed by atoms with Gasteiger partial charge < -0.3 is 7.43 Å². The van der Waals surface area contributed by atoms with Gasteiger partial charge in [0.05, 0.1) is 0 Å². The van der Waals surface area contributed by atoms with E-state index in [4.69, 9.17) is 0 Å². The number of hydrogen-bond acceptors (Lipinski definition) is 0. The molecular weight excluding hydrogens is 257 g/mol. The molecule has 0 aliphatic carbocycles. The topological polar surface area (TPSA) is 0 Å². The van der Waals surface area contributed by atoms with Crippen molar-refractivity contribution in [3.05, 3.63) is 43.3 Å². The Kier molecular flexibility index (Phi) is 57.5. The standard InChI is InChI=1S/C7H7.C3H8.C2H6.CH4.CH3.Y/c1-7-5-3-2-4-6-7;1-3-2;1-2;;;/h2-3,5-6H,1H3;3H2,1-2H3;1-2H3;1H4;1H3;/q-1;;;;-1;. The van der Waals surface area contributed by atoms with E-state index in [1.165, 1.54) is 12.0 Å². The fourth-order valence-electron chi connectivity index (χ4n) is 0.483. The van der Waals surface area contributed by atoms with Gasteiger partial charge in [-0.3, -0.25) is 0 Å². The average molecular weight is 285 g/mol. The van der Waals surface area contributed by atoms with Gasteiger partial charge in [0, 0.05) is 32.7 Å². The molecule has 1 rings (SSSR count). The maximum Gasteiger partial charge on any atom is 0 e. The molecule has 15 heavy (non-hydrogen) atoms. The third kappa shape index (κ3) is 31.4. The van der Waals surface area contributed by atoms with E-state index in [2.05, 4.69) is 32.9 Å². The summed E-state index contributed by atoms with van der Waals surface area (Å²) < 4.78 is 0. The first-order chi connectivity index (χ1) is 5.81. The molecule has 0 aromatic heterocycles. The monoisotopic (exact) mass is 285 g/mol. The Morgan fingerprint density at radius 2 is 1.60 bits per heavy atom. The zero-order chi connectivity index (χ0) is 9.82. The maximum atomic E-state index is 2.96. The maximum absolute atomic E-state index is 2.96.